The normalized spacial score (nSPS) is 26.7. The largest absolute Gasteiger partial charge is 0.366 e. The standard InChI is InChI=1S/C7H13NO2/c1-5(2)6-7(9)8-3-4-10-6/h5-6H,3-4H2,1-2H3,(H,8,9). The van der Waals surface area contributed by atoms with Crippen molar-refractivity contribution in [3.63, 3.8) is 0 Å². The fraction of sp³-hybridized carbons (Fsp3) is 0.857. The second-order valence-corrected chi connectivity index (χ2v) is 2.83. The van der Waals surface area contributed by atoms with Crippen LogP contribution < -0.4 is 5.32 Å². The van der Waals surface area contributed by atoms with Gasteiger partial charge in [0.15, 0.2) is 0 Å². The van der Waals surface area contributed by atoms with Gasteiger partial charge in [0.1, 0.15) is 6.10 Å². The third kappa shape index (κ3) is 1.48. The molecule has 3 nitrogen and oxygen atoms in total. The van der Waals surface area contributed by atoms with E-state index in [9.17, 15) is 4.79 Å². The smallest absolute Gasteiger partial charge is 0.249 e. The Labute approximate surface area is 60.7 Å². The summed E-state index contributed by atoms with van der Waals surface area (Å²) in [4.78, 5) is 11.0. The lowest BCUT2D eigenvalue weighted by molar-refractivity contribution is -0.140. The van der Waals surface area contributed by atoms with Gasteiger partial charge in [0.05, 0.1) is 6.61 Å². The molecule has 1 amide bonds. The Morgan fingerprint density at radius 3 is 2.80 bits per heavy atom. The van der Waals surface area contributed by atoms with E-state index in [1.54, 1.807) is 0 Å². The van der Waals surface area contributed by atoms with E-state index in [1.165, 1.54) is 0 Å². The molecule has 0 radical (unpaired) electrons. The van der Waals surface area contributed by atoms with Gasteiger partial charge in [0, 0.05) is 6.54 Å². The van der Waals surface area contributed by atoms with Crippen molar-refractivity contribution in [3.05, 3.63) is 0 Å². The molecule has 1 heterocycles. The van der Waals surface area contributed by atoms with E-state index in [0.717, 1.165) is 0 Å². The van der Waals surface area contributed by atoms with Gasteiger partial charge in [-0.1, -0.05) is 13.8 Å². The van der Waals surface area contributed by atoms with Gasteiger partial charge in [-0.25, -0.2) is 0 Å². The zero-order valence-electron chi connectivity index (χ0n) is 6.39. The van der Waals surface area contributed by atoms with E-state index in [2.05, 4.69) is 5.32 Å². The van der Waals surface area contributed by atoms with Crippen LogP contribution in [0.15, 0.2) is 0 Å². The maximum Gasteiger partial charge on any atom is 0.249 e. The fourth-order valence-corrected chi connectivity index (χ4v) is 1.03. The molecule has 1 atom stereocenters. The van der Waals surface area contributed by atoms with Crippen molar-refractivity contribution in [1.29, 1.82) is 0 Å². The molecule has 0 aromatic heterocycles. The molecule has 1 saturated heterocycles. The van der Waals surface area contributed by atoms with Crippen LogP contribution in [0.3, 0.4) is 0 Å². The second-order valence-electron chi connectivity index (χ2n) is 2.83. The number of ether oxygens (including phenoxy) is 1. The third-order valence-corrected chi connectivity index (χ3v) is 1.56. The fourth-order valence-electron chi connectivity index (χ4n) is 1.03. The minimum Gasteiger partial charge on any atom is -0.366 e. The summed E-state index contributed by atoms with van der Waals surface area (Å²) in [5.41, 5.74) is 0. The van der Waals surface area contributed by atoms with Crippen LogP contribution in [0.5, 0.6) is 0 Å². The average molecular weight is 143 g/mol. The Morgan fingerprint density at radius 2 is 2.40 bits per heavy atom. The van der Waals surface area contributed by atoms with E-state index >= 15 is 0 Å². The van der Waals surface area contributed by atoms with Crippen molar-refractivity contribution >= 4 is 5.91 Å². The second kappa shape index (κ2) is 3.01. The SMILES string of the molecule is CC(C)C1OCCNC1=O. The first-order valence-electron chi connectivity index (χ1n) is 3.61. The molecule has 1 aliphatic heterocycles. The van der Waals surface area contributed by atoms with Crippen molar-refractivity contribution in [3.8, 4) is 0 Å². The van der Waals surface area contributed by atoms with Crippen molar-refractivity contribution < 1.29 is 9.53 Å². The molecule has 0 aliphatic carbocycles. The molecule has 0 aromatic carbocycles. The van der Waals surface area contributed by atoms with Crippen molar-refractivity contribution in [1.82, 2.24) is 5.32 Å². The summed E-state index contributed by atoms with van der Waals surface area (Å²) in [6, 6.07) is 0. The first-order chi connectivity index (χ1) is 4.72. The summed E-state index contributed by atoms with van der Waals surface area (Å²) in [7, 11) is 0. The Morgan fingerprint density at radius 1 is 1.70 bits per heavy atom. The summed E-state index contributed by atoms with van der Waals surface area (Å²) < 4.78 is 5.24. The molecule has 1 unspecified atom stereocenters. The first-order valence-corrected chi connectivity index (χ1v) is 3.61. The predicted molar refractivity (Wildman–Crippen MR) is 37.6 cm³/mol. The highest BCUT2D eigenvalue weighted by Gasteiger charge is 2.25. The van der Waals surface area contributed by atoms with Crippen molar-refractivity contribution in [2.24, 2.45) is 5.92 Å². The van der Waals surface area contributed by atoms with Crippen LogP contribution in [-0.4, -0.2) is 25.2 Å². The van der Waals surface area contributed by atoms with Crippen LogP contribution in [0.25, 0.3) is 0 Å². The number of rotatable bonds is 1. The number of carbonyl (C=O) groups is 1. The number of nitrogens with one attached hydrogen (secondary N) is 1. The minimum absolute atomic E-state index is 0.0289. The Balaban J connectivity index is 2.48. The maximum absolute atomic E-state index is 11.0. The van der Waals surface area contributed by atoms with Crippen LogP contribution in [0.1, 0.15) is 13.8 Å². The third-order valence-electron chi connectivity index (χ3n) is 1.56. The molecule has 1 aliphatic rings. The molecule has 58 valence electrons. The van der Waals surface area contributed by atoms with E-state index in [-0.39, 0.29) is 17.9 Å². The summed E-state index contributed by atoms with van der Waals surface area (Å²) >= 11 is 0. The number of hydrogen-bond donors (Lipinski definition) is 1. The highest BCUT2D eigenvalue weighted by Crippen LogP contribution is 2.08. The molecule has 0 saturated carbocycles. The van der Waals surface area contributed by atoms with Gasteiger partial charge < -0.3 is 10.1 Å². The molecule has 0 spiro atoms. The van der Waals surface area contributed by atoms with E-state index in [1.807, 2.05) is 13.8 Å². The van der Waals surface area contributed by atoms with Gasteiger partial charge in [-0.15, -0.1) is 0 Å². The minimum atomic E-state index is -0.228. The summed E-state index contributed by atoms with van der Waals surface area (Å²) in [5.74, 6) is 0.307. The van der Waals surface area contributed by atoms with Gasteiger partial charge in [-0.05, 0) is 5.92 Å². The molecule has 10 heavy (non-hydrogen) atoms. The Kier molecular flexibility index (Phi) is 2.27. The molecule has 0 bridgehead atoms. The topological polar surface area (TPSA) is 38.3 Å². The van der Waals surface area contributed by atoms with E-state index in [0.29, 0.717) is 13.2 Å². The summed E-state index contributed by atoms with van der Waals surface area (Å²) in [5, 5.41) is 2.75. The van der Waals surface area contributed by atoms with Gasteiger partial charge in [0.25, 0.3) is 0 Å². The first kappa shape index (κ1) is 7.54. The van der Waals surface area contributed by atoms with Crippen LogP contribution in [0.4, 0.5) is 0 Å². The number of carbonyl (C=O) groups excluding carboxylic acids is 1. The highest BCUT2D eigenvalue weighted by molar-refractivity contribution is 5.81. The lowest BCUT2D eigenvalue weighted by atomic mass is 10.1. The molecular formula is C7H13NO2. The Hall–Kier alpha value is -0.570. The lowest BCUT2D eigenvalue weighted by Crippen LogP contribution is -2.46. The zero-order chi connectivity index (χ0) is 7.56. The van der Waals surface area contributed by atoms with Crippen LogP contribution >= 0.6 is 0 Å². The van der Waals surface area contributed by atoms with Crippen molar-refractivity contribution in [2.45, 2.75) is 20.0 Å². The van der Waals surface area contributed by atoms with Crippen molar-refractivity contribution in [2.75, 3.05) is 13.2 Å². The quantitative estimate of drug-likeness (QED) is 0.567. The molecule has 0 aromatic rings. The highest BCUT2D eigenvalue weighted by atomic mass is 16.5. The van der Waals surface area contributed by atoms with Gasteiger partial charge in [0.2, 0.25) is 5.91 Å². The number of morpholine rings is 1. The number of hydrogen-bond acceptors (Lipinski definition) is 2. The average Bonchev–Trinajstić information content (AvgIpc) is 1.88. The lowest BCUT2D eigenvalue weighted by Gasteiger charge is -2.25. The monoisotopic (exact) mass is 143 g/mol. The van der Waals surface area contributed by atoms with Crippen LogP contribution in [0.2, 0.25) is 0 Å². The maximum atomic E-state index is 11.0. The zero-order valence-corrected chi connectivity index (χ0v) is 6.39. The predicted octanol–water partition coefficient (Wildman–Crippen LogP) is 0.157. The summed E-state index contributed by atoms with van der Waals surface area (Å²) in [6.45, 7) is 5.27. The van der Waals surface area contributed by atoms with E-state index < -0.39 is 0 Å². The molecule has 1 N–H and O–H groups in total. The number of amides is 1. The molecular weight excluding hydrogens is 130 g/mol. The van der Waals surface area contributed by atoms with Crippen LogP contribution in [-0.2, 0) is 9.53 Å². The molecule has 3 heteroatoms. The Bertz CT molecular complexity index is 134. The van der Waals surface area contributed by atoms with Crippen LogP contribution in [0, 0.1) is 5.92 Å². The van der Waals surface area contributed by atoms with Gasteiger partial charge >= 0.3 is 0 Å². The van der Waals surface area contributed by atoms with E-state index in [4.69, 9.17) is 4.74 Å². The van der Waals surface area contributed by atoms with Gasteiger partial charge in [-0.2, -0.15) is 0 Å². The van der Waals surface area contributed by atoms with Gasteiger partial charge in [-0.3, -0.25) is 4.79 Å². The molecule has 1 rings (SSSR count). The summed E-state index contributed by atoms with van der Waals surface area (Å²) in [6.07, 6.45) is -0.228. The molecule has 1 fully saturated rings.